The number of carbonyl (C=O) groups excluding carboxylic acids is 2. The predicted molar refractivity (Wildman–Crippen MR) is 64.6 cm³/mol. The normalized spacial score (nSPS) is 10.9. The number of hydrogen-bond acceptors (Lipinski definition) is 3. The number of hydrogen-bond donors (Lipinski definition) is 0. The second-order valence-corrected chi connectivity index (χ2v) is 3.56. The van der Waals surface area contributed by atoms with E-state index in [2.05, 4.69) is 0 Å². The Morgan fingerprint density at radius 3 is 2.24 bits per heavy atom. The monoisotopic (exact) mass is 233 g/mol. The van der Waals surface area contributed by atoms with Crippen LogP contribution in [0.25, 0.3) is 5.70 Å². The molecule has 0 saturated carbocycles. The molecule has 1 rings (SSSR count). The van der Waals surface area contributed by atoms with Crippen molar-refractivity contribution in [3.8, 4) is 0 Å². The first-order valence-electron chi connectivity index (χ1n) is 5.19. The molecule has 0 bridgehead atoms. The Balaban J connectivity index is 3.07. The summed E-state index contributed by atoms with van der Waals surface area (Å²) in [4.78, 5) is 23.6. The standard InChI is InChI=1S/C13H15NO3/c1-10(15)14(3)13(9-17-11(2)16)12-7-5-4-6-8-12/h4-9H,1-3H3/b13-9-. The van der Waals surface area contributed by atoms with Gasteiger partial charge < -0.3 is 9.64 Å². The first-order chi connectivity index (χ1) is 8.02. The molecule has 0 N–H and O–H groups in total. The highest BCUT2D eigenvalue weighted by Gasteiger charge is 2.11. The van der Waals surface area contributed by atoms with Gasteiger partial charge in [0.1, 0.15) is 6.26 Å². The molecule has 0 unspecified atom stereocenters. The minimum Gasteiger partial charge on any atom is -0.432 e. The maximum absolute atomic E-state index is 11.3. The molecule has 0 aliphatic rings. The van der Waals surface area contributed by atoms with Crippen LogP contribution in [0.5, 0.6) is 0 Å². The number of rotatable bonds is 3. The van der Waals surface area contributed by atoms with Crippen molar-refractivity contribution >= 4 is 17.6 Å². The molecule has 90 valence electrons. The van der Waals surface area contributed by atoms with E-state index in [0.717, 1.165) is 5.56 Å². The molecule has 0 aromatic heterocycles. The number of esters is 1. The van der Waals surface area contributed by atoms with Crippen molar-refractivity contribution < 1.29 is 14.3 Å². The molecule has 1 aromatic rings. The molecular weight excluding hydrogens is 218 g/mol. The average Bonchev–Trinajstić information content (AvgIpc) is 2.30. The Kier molecular flexibility index (Phi) is 4.46. The van der Waals surface area contributed by atoms with Crippen LogP contribution >= 0.6 is 0 Å². The lowest BCUT2D eigenvalue weighted by molar-refractivity contribution is -0.135. The van der Waals surface area contributed by atoms with E-state index in [1.807, 2.05) is 30.3 Å². The fourth-order valence-electron chi connectivity index (χ4n) is 1.26. The SMILES string of the molecule is CC(=O)O/C=C(/c1ccccc1)N(C)C(C)=O. The first kappa shape index (κ1) is 13.0. The lowest BCUT2D eigenvalue weighted by atomic mass is 10.1. The fraction of sp³-hybridized carbons (Fsp3) is 0.231. The third-order valence-corrected chi connectivity index (χ3v) is 2.24. The highest BCUT2D eigenvalue weighted by atomic mass is 16.5. The van der Waals surface area contributed by atoms with E-state index >= 15 is 0 Å². The molecule has 0 aliphatic carbocycles. The minimum absolute atomic E-state index is 0.132. The molecule has 4 heteroatoms. The second kappa shape index (κ2) is 5.84. The van der Waals surface area contributed by atoms with E-state index < -0.39 is 5.97 Å². The molecule has 0 heterocycles. The smallest absolute Gasteiger partial charge is 0.307 e. The molecule has 0 aliphatic heterocycles. The predicted octanol–water partition coefficient (Wildman–Crippen LogP) is 2.03. The first-order valence-corrected chi connectivity index (χ1v) is 5.19. The Hall–Kier alpha value is -2.10. The van der Waals surface area contributed by atoms with Gasteiger partial charge in [-0.15, -0.1) is 0 Å². The summed E-state index contributed by atoms with van der Waals surface area (Å²) in [6.07, 6.45) is 1.29. The lowest BCUT2D eigenvalue weighted by Crippen LogP contribution is -2.22. The van der Waals surface area contributed by atoms with Crippen LogP contribution in [0.2, 0.25) is 0 Å². The van der Waals surface area contributed by atoms with E-state index in [-0.39, 0.29) is 5.91 Å². The van der Waals surface area contributed by atoms with Gasteiger partial charge in [0, 0.05) is 26.5 Å². The van der Waals surface area contributed by atoms with Gasteiger partial charge in [0.05, 0.1) is 5.70 Å². The summed E-state index contributed by atoms with van der Waals surface area (Å²) in [5.41, 5.74) is 1.36. The molecular formula is C13H15NO3. The molecule has 0 spiro atoms. The molecule has 0 radical (unpaired) electrons. The average molecular weight is 233 g/mol. The molecule has 17 heavy (non-hydrogen) atoms. The summed E-state index contributed by atoms with van der Waals surface area (Å²) in [7, 11) is 1.63. The van der Waals surface area contributed by atoms with Crippen molar-refractivity contribution in [3.05, 3.63) is 42.2 Å². The van der Waals surface area contributed by atoms with Crippen molar-refractivity contribution in [2.45, 2.75) is 13.8 Å². The van der Waals surface area contributed by atoms with Gasteiger partial charge in [0.2, 0.25) is 5.91 Å². The topological polar surface area (TPSA) is 46.6 Å². The van der Waals surface area contributed by atoms with Crippen molar-refractivity contribution in [3.63, 3.8) is 0 Å². The van der Waals surface area contributed by atoms with Gasteiger partial charge in [-0.2, -0.15) is 0 Å². The van der Waals surface area contributed by atoms with Crippen LogP contribution in [-0.2, 0) is 14.3 Å². The van der Waals surface area contributed by atoms with Crippen molar-refractivity contribution in [1.82, 2.24) is 4.90 Å². The minimum atomic E-state index is -0.421. The highest BCUT2D eigenvalue weighted by Crippen LogP contribution is 2.17. The van der Waals surface area contributed by atoms with E-state index in [1.54, 1.807) is 7.05 Å². The number of ether oxygens (including phenoxy) is 1. The zero-order valence-corrected chi connectivity index (χ0v) is 10.1. The molecule has 0 atom stereocenters. The maximum atomic E-state index is 11.3. The summed E-state index contributed by atoms with van der Waals surface area (Å²) in [6.45, 7) is 2.76. The van der Waals surface area contributed by atoms with Gasteiger partial charge in [0.15, 0.2) is 0 Å². The van der Waals surface area contributed by atoms with Gasteiger partial charge in [-0.3, -0.25) is 9.59 Å². The lowest BCUT2D eigenvalue weighted by Gasteiger charge is -2.18. The third kappa shape index (κ3) is 3.75. The van der Waals surface area contributed by atoms with Crippen molar-refractivity contribution in [2.75, 3.05) is 7.05 Å². The Morgan fingerprint density at radius 1 is 1.18 bits per heavy atom. The van der Waals surface area contributed by atoms with Gasteiger partial charge in [-0.1, -0.05) is 30.3 Å². The number of benzene rings is 1. The van der Waals surface area contributed by atoms with Crippen LogP contribution in [-0.4, -0.2) is 23.8 Å². The number of nitrogens with zero attached hydrogens (tertiary/aromatic N) is 1. The van der Waals surface area contributed by atoms with Gasteiger partial charge in [-0.05, 0) is 0 Å². The van der Waals surface area contributed by atoms with Crippen LogP contribution < -0.4 is 0 Å². The number of amides is 1. The molecule has 1 aromatic carbocycles. The zero-order valence-electron chi connectivity index (χ0n) is 10.1. The van der Waals surface area contributed by atoms with E-state index in [4.69, 9.17) is 4.74 Å². The van der Waals surface area contributed by atoms with Gasteiger partial charge >= 0.3 is 5.97 Å². The molecule has 1 amide bonds. The summed E-state index contributed by atoms with van der Waals surface area (Å²) in [5.74, 6) is -0.553. The van der Waals surface area contributed by atoms with Crippen LogP contribution in [0, 0.1) is 0 Å². The fourth-order valence-corrected chi connectivity index (χ4v) is 1.26. The summed E-state index contributed by atoms with van der Waals surface area (Å²) < 4.78 is 4.83. The summed E-state index contributed by atoms with van der Waals surface area (Å²) in [6, 6.07) is 9.26. The van der Waals surface area contributed by atoms with E-state index in [9.17, 15) is 9.59 Å². The second-order valence-electron chi connectivity index (χ2n) is 3.56. The third-order valence-electron chi connectivity index (χ3n) is 2.24. The van der Waals surface area contributed by atoms with Crippen LogP contribution in [0.4, 0.5) is 0 Å². The zero-order chi connectivity index (χ0) is 12.8. The summed E-state index contributed by atoms with van der Waals surface area (Å²) >= 11 is 0. The maximum Gasteiger partial charge on any atom is 0.307 e. The van der Waals surface area contributed by atoms with E-state index in [1.165, 1.54) is 25.0 Å². The largest absolute Gasteiger partial charge is 0.432 e. The Morgan fingerprint density at radius 2 is 1.76 bits per heavy atom. The Labute approximate surface area is 100 Å². The van der Waals surface area contributed by atoms with E-state index in [0.29, 0.717) is 5.70 Å². The van der Waals surface area contributed by atoms with Crippen LogP contribution in [0.3, 0.4) is 0 Å². The van der Waals surface area contributed by atoms with Gasteiger partial charge in [-0.25, -0.2) is 0 Å². The molecule has 4 nitrogen and oxygen atoms in total. The van der Waals surface area contributed by atoms with Crippen LogP contribution in [0.15, 0.2) is 36.6 Å². The Bertz CT molecular complexity index is 437. The van der Waals surface area contributed by atoms with Crippen molar-refractivity contribution in [1.29, 1.82) is 0 Å². The summed E-state index contributed by atoms with van der Waals surface area (Å²) in [5, 5.41) is 0. The quantitative estimate of drug-likeness (QED) is 0.592. The van der Waals surface area contributed by atoms with Crippen molar-refractivity contribution in [2.24, 2.45) is 0 Å². The van der Waals surface area contributed by atoms with Gasteiger partial charge in [0.25, 0.3) is 0 Å². The molecule has 0 saturated heterocycles. The van der Waals surface area contributed by atoms with Crippen LogP contribution in [0.1, 0.15) is 19.4 Å². The molecule has 0 fully saturated rings. The highest BCUT2D eigenvalue weighted by molar-refractivity contribution is 5.85. The number of carbonyl (C=O) groups is 2.